The minimum absolute atomic E-state index is 0.260. The highest BCUT2D eigenvalue weighted by Crippen LogP contribution is 2.42. The second-order valence-corrected chi connectivity index (χ2v) is 6.02. The van der Waals surface area contributed by atoms with Gasteiger partial charge in [0.25, 0.3) is 0 Å². The normalized spacial score (nSPS) is 32.8. The van der Waals surface area contributed by atoms with Gasteiger partial charge in [0.1, 0.15) is 0 Å². The Morgan fingerprint density at radius 1 is 1.14 bits per heavy atom. The van der Waals surface area contributed by atoms with Crippen molar-refractivity contribution in [2.24, 2.45) is 0 Å². The molecule has 1 N–H and O–H groups in total. The van der Waals surface area contributed by atoms with Crippen LogP contribution in [0.4, 0.5) is 0 Å². The summed E-state index contributed by atoms with van der Waals surface area (Å²) in [6.45, 7) is 1.37. The molecule has 2 atom stereocenters. The molecule has 1 aromatic rings. The minimum Gasteiger partial charge on any atom is -0.493 e. The third-order valence-electron chi connectivity index (χ3n) is 4.84. The van der Waals surface area contributed by atoms with Crippen LogP contribution < -0.4 is 9.47 Å². The number of hydrogen-bond acceptors (Lipinski definition) is 5. The number of aliphatic hydroxyl groups is 1. The van der Waals surface area contributed by atoms with Crippen LogP contribution in [0.25, 0.3) is 0 Å². The van der Waals surface area contributed by atoms with E-state index in [-0.39, 0.29) is 12.1 Å². The van der Waals surface area contributed by atoms with E-state index in [1.165, 1.54) is 0 Å². The molecule has 0 saturated carbocycles. The van der Waals surface area contributed by atoms with E-state index < -0.39 is 5.60 Å². The van der Waals surface area contributed by atoms with Gasteiger partial charge in [0.2, 0.25) is 0 Å². The summed E-state index contributed by atoms with van der Waals surface area (Å²) in [6, 6.07) is 6.20. The van der Waals surface area contributed by atoms with Crippen molar-refractivity contribution in [2.45, 2.75) is 30.5 Å². The highest BCUT2D eigenvalue weighted by atomic mass is 16.5. The van der Waals surface area contributed by atoms with Gasteiger partial charge < -0.3 is 19.3 Å². The van der Waals surface area contributed by atoms with Crippen molar-refractivity contribution >= 4 is 0 Å². The Hall–Kier alpha value is -1.30. The molecule has 3 rings (SSSR count). The highest BCUT2D eigenvalue weighted by Gasteiger charge is 2.45. The molecule has 2 aliphatic rings. The largest absolute Gasteiger partial charge is 0.493 e. The third-order valence-corrected chi connectivity index (χ3v) is 4.84. The zero-order chi connectivity index (χ0) is 15.0. The van der Waals surface area contributed by atoms with Crippen LogP contribution in [0, 0.1) is 0 Å². The monoisotopic (exact) mass is 293 g/mol. The number of likely N-dealkylation sites (N-methyl/N-ethyl adjacent to an activating group) is 1. The lowest BCUT2D eigenvalue weighted by atomic mass is 9.77. The molecule has 0 aliphatic carbocycles. The van der Waals surface area contributed by atoms with Gasteiger partial charge in [-0.2, -0.15) is 0 Å². The number of hydrogen-bond donors (Lipinski definition) is 1. The topological polar surface area (TPSA) is 51.2 Å². The molecule has 21 heavy (non-hydrogen) atoms. The van der Waals surface area contributed by atoms with Crippen LogP contribution in [0.2, 0.25) is 0 Å². The van der Waals surface area contributed by atoms with E-state index in [9.17, 15) is 5.11 Å². The molecule has 2 heterocycles. The van der Waals surface area contributed by atoms with Crippen LogP contribution in [0.5, 0.6) is 11.5 Å². The number of nitrogens with zero attached hydrogens (tertiary/aromatic N) is 1. The Morgan fingerprint density at radius 3 is 2.33 bits per heavy atom. The maximum absolute atomic E-state index is 11.2. The molecule has 2 bridgehead atoms. The van der Waals surface area contributed by atoms with Crippen LogP contribution in [-0.4, -0.2) is 56.6 Å². The second-order valence-electron chi connectivity index (χ2n) is 6.02. The van der Waals surface area contributed by atoms with Gasteiger partial charge in [-0.1, -0.05) is 6.07 Å². The molecule has 2 unspecified atom stereocenters. The second kappa shape index (κ2) is 5.48. The summed E-state index contributed by atoms with van der Waals surface area (Å²) in [5.74, 6) is 1.34. The van der Waals surface area contributed by atoms with E-state index >= 15 is 0 Å². The fourth-order valence-corrected chi connectivity index (χ4v) is 3.50. The Bertz CT molecular complexity index is 505. The van der Waals surface area contributed by atoms with Crippen molar-refractivity contribution in [2.75, 3.05) is 34.5 Å². The number of ether oxygens (including phenoxy) is 3. The fraction of sp³-hybridized carbons (Fsp3) is 0.625. The first-order valence-electron chi connectivity index (χ1n) is 7.32. The maximum atomic E-state index is 11.2. The molecule has 5 nitrogen and oxygen atoms in total. The molecular weight excluding hydrogens is 270 g/mol. The van der Waals surface area contributed by atoms with Crippen molar-refractivity contribution in [3.05, 3.63) is 23.8 Å². The number of rotatable bonds is 3. The van der Waals surface area contributed by atoms with Crippen molar-refractivity contribution in [3.63, 3.8) is 0 Å². The van der Waals surface area contributed by atoms with E-state index in [1.807, 2.05) is 18.2 Å². The first kappa shape index (κ1) is 14.6. The Balaban J connectivity index is 1.92. The molecule has 0 spiro atoms. The summed E-state index contributed by atoms with van der Waals surface area (Å²) >= 11 is 0. The van der Waals surface area contributed by atoms with Gasteiger partial charge in [0, 0.05) is 12.1 Å². The van der Waals surface area contributed by atoms with Crippen molar-refractivity contribution < 1.29 is 19.3 Å². The fourth-order valence-electron chi connectivity index (χ4n) is 3.50. The average molecular weight is 293 g/mol. The number of morpholine rings is 1. The third kappa shape index (κ3) is 2.50. The first-order chi connectivity index (χ1) is 10.1. The minimum atomic E-state index is -0.828. The van der Waals surface area contributed by atoms with E-state index in [2.05, 4.69) is 11.9 Å². The summed E-state index contributed by atoms with van der Waals surface area (Å²) in [5.41, 5.74) is 0.0655. The van der Waals surface area contributed by atoms with Crippen LogP contribution in [0.1, 0.15) is 18.4 Å². The number of fused-ring (bicyclic) bond motifs is 2. The molecular formula is C16H23NO4. The Morgan fingerprint density at radius 2 is 1.76 bits per heavy atom. The Kier molecular flexibility index (Phi) is 3.82. The quantitative estimate of drug-likeness (QED) is 0.912. The SMILES string of the molecule is COc1ccc(C2(O)CC3COCC(C2)N3C)cc1OC. The predicted octanol–water partition coefficient (Wildman–Crippen LogP) is 1.38. The standard InChI is InChI=1S/C16H23NO4/c1-17-12-7-16(18,8-13(17)10-21-9-12)11-4-5-14(19-2)15(6-11)20-3/h4-6,12-13,18H,7-10H2,1-3H3. The van der Waals surface area contributed by atoms with Crippen molar-refractivity contribution in [1.29, 1.82) is 0 Å². The molecule has 5 heteroatoms. The van der Waals surface area contributed by atoms with E-state index in [4.69, 9.17) is 14.2 Å². The molecule has 0 aromatic heterocycles. The lowest BCUT2D eigenvalue weighted by Gasteiger charge is -2.50. The van der Waals surface area contributed by atoms with E-state index in [0.29, 0.717) is 37.6 Å². The maximum Gasteiger partial charge on any atom is 0.161 e. The predicted molar refractivity (Wildman–Crippen MR) is 78.8 cm³/mol. The molecule has 0 radical (unpaired) electrons. The summed E-state index contributed by atoms with van der Waals surface area (Å²) in [4.78, 5) is 2.33. The Labute approximate surface area is 125 Å². The van der Waals surface area contributed by atoms with E-state index in [1.54, 1.807) is 14.2 Å². The van der Waals surface area contributed by atoms with Crippen LogP contribution in [0.3, 0.4) is 0 Å². The zero-order valence-electron chi connectivity index (χ0n) is 12.8. The highest BCUT2D eigenvalue weighted by molar-refractivity contribution is 5.45. The van der Waals surface area contributed by atoms with E-state index in [0.717, 1.165) is 5.56 Å². The number of methoxy groups -OCH3 is 2. The summed E-state index contributed by atoms with van der Waals surface area (Å²) in [5, 5.41) is 11.2. The first-order valence-corrected chi connectivity index (χ1v) is 7.32. The van der Waals surface area contributed by atoms with Gasteiger partial charge in [0.05, 0.1) is 33.0 Å². The van der Waals surface area contributed by atoms with Gasteiger partial charge in [-0.3, -0.25) is 4.90 Å². The van der Waals surface area contributed by atoms with Crippen LogP contribution >= 0.6 is 0 Å². The summed E-state index contributed by atoms with van der Waals surface area (Å²) < 4.78 is 16.2. The van der Waals surface area contributed by atoms with Gasteiger partial charge in [-0.15, -0.1) is 0 Å². The molecule has 116 valence electrons. The zero-order valence-corrected chi connectivity index (χ0v) is 12.8. The van der Waals surface area contributed by atoms with Gasteiger partial charge >= 0.3 is 0 Å². The van der Waals surface area contributed by atoms with Gasteiger partial charge in [0.15, 0.2) is 11.5 Å². The molecule has 2 aliphatic heterocycles. The average Bonchev–Trinajstić information content (AvgIpc) is 2.48. The number of piperidine rings is 1. The molecule has 1 aromatic carbocycles. The van der Waals surface area contributed by atoms with Crippen LogP contribution in [-0.2, 0) is 10.3 Å². The molecule has 2 fully saturated rings. The van der Waals surface area contributed by atoms with Crippen molar-refractivity contribution in [3.8, 4) is 11.5 Å². The molecule has 2 saturated heterocycles. The van der Waals surface area contributed by atoms with Crippen molar-refractivity contribution in [1.82, 2.24) is 4.90 Å². The summed E-state index contributed by atoms with van der Waals surface area (Å²) in [6.07, 6.45) is 1.35. The van der Waals surface area contributed by atoms with Gasteiger partial charge in [-0.25, -0.2) is 0 Å². The molecule has 0 amide bonds. The lowest BCUT2D eigenvalue weighted by Crippen LogP contribution is -2.59. The summed E-state index contributed by atoms with van der Waals surface area (Å²) in [7, 11) is 5.35. The number of benzene rings is 1. The smallest absolute Gasteiger partial charge is 0.161 e. The lowest BCUT2D eigenvalue weighted by molar-refractivity contribution is -0.137. The van der Waals surface area contributed by atoms with Gasteiger partial charge in [-0.05, 0) is 37.6 Å². The van der Waals surface area contributed by atoms with Crippen LogP contribution in [0.15, 0.2) is 18.2 Å².